The molecule has 1 amide bonds. The molecule has 7 atom stereocenters. The summed E-state index contributed by atoms with van der Waals surface area (Å²) in [5, 5.41) is 55.1. The number of allylic oxidation sites excluding steroid dienone is 18. The first-order valence-corrected chi connectivity index (χ1v) is 38.6. The molecule has 526 valence electrons. The summed E-state index contributed by atoms with van der Waals surface area (Å²) in [7, 11) is 0. The molecule has 1 fully saturated rings. The van der Waals surface area contributed by atoms with Crippen LogP contribution < -0.4 is 5.32 Å². The number of hydrogen-bond donors (Lipinski definition) is 6. The van der Waals surface area contributed by atoms with Gasteiger partial charge in [0.1, 0.15) is 24.4 Å². The van der Waals surface area contributed by atoms with Gasteiger partial charge in [0, 0.05) is 6.42 Å². The first kappa shape index (κ1) is 85.9. The second-order valence-corrected chi connectivity index (χ2v) is 26.4. The van der Waals surface area contributed by atoms with Gasteiger partial charge < -0.3 is 40.3 Å². The van der Waals surface area contributed by atoms with E-state index < -0.39 is 49.5 Å². The van der Waals surface area contributed by atoms with E-state index in [4.69, 9.17) is 9.47 Å². The number of aliphatic hydroxyl groups excluding tert-OH is 5. The zero-order valence-corrected chi connectivity index (χ0v) is 59.1. The SMILES string of the molecule is CC/C=C\C/C=C\C/C=C\C/C=C\C/C=C\C/C=C\C/C=C\C/C=C\C/C=C\CCCCCCCCCCCC(=O)NC(COC1OC(CO)C(O)C(O)C1O)C(O)CCCCCCCCCCCCCCCCCCCCCCCCCCCCCCCCC. The maximum absolute atomic E-state index is 13.2. The highest BCUT2D eigenvalue weighted by Crippen LogP contribution is 2.24. The highest BCUT2D eigenvalue weighted by atomic mass is 16.7. The Morgan fingerprint density at radius 1 is 0.385 bits per heavy atom. The molecule has 1 aliphatic rings. The minimum absolute atomic E-state index is 0.144. The number of carbonyl (C=O) groups excluding carboxylic acids is 1. The molecule has 0 bridgehead atoms. The van der Waals surface area contributed by atoms with Gasteiger partial charge >= 0.3 is 0 Å². The van der Waals surface area contributed by atoms with Gasteiger partial charge in [-0.15, -0.1) is 0 Å². The molecule has 1 saturated heterocycles. The van der Waals surface area contributed by atoms with Crippen molar-refractivity contribution >= 4 is 5.91 Å². The number of aliphatic hydroxyl groups is 5. The average molecular weight is 1270 g/mol. The third kappa shape index (κ3) is 58.0. The monoisotopic (exact) mass is 1270 g/mol. The average Bonchev–Trinajstić information content (AvgIpc) is 1.70. The lowest BCUT2D eigenvalue weighted by Gasteiger charge is -2.40. The second-order valence-electron chi connectivity index (χ2n) is 26.4. The van der Waals surface area contributed by atoms with Crippen molar-refractivity contribution in [3.05, 3.63) is 109 Å². The van der Waals surface area contributed by atoms with E-state index >= 15 is 0 Å². The zero-order chi connectivity index (χ0) is 65.7. The smallest absolute Gasteiger partial charge is 0.220 e. The Bertz CT molecular complexity index is 1810. The van der Waals surface area contributed by atoms with Crippen molar-refractivity contribution in [2.45, 2.75) is 391 Å². The number of hydrogen-bond acceptors (Lipinski definition) is 8. The Morgan fingerprint density at radius 2 is 0.681 bits per heavy atom. The summed E-state index contributed by atoms with van der Waals surface area (Å²) >= 11 is 0. The molecule has 6 N–H and O–H groups in total. The van der Waals surface area contributed by atoms with Crippen molar-refractivity contribution in [2.75, 3.05) is 13.2 Å². The fourth-order valence-electron chi connectivity index (χ4n) is 11.9. The summed E-state index contributed by atoms with van der Waals surface area (Å²) in [6, 6.07) is -0.732. The topological polar surface area (TPSA) is 149 Å². The molecule has 1 aliphatic heterocycles. The van der Waals surface area contributed by atoms with Crippen molar-refractivity contribution in [2.24, 2.45) is 0 Å². The van der Waals surface area contributed by atoms with Crippen molar-refractivity contribution in [1.82, 2.24) is 5.32 Å². The molecule has 1 rings (SSSR count). The Kier molecular flexibility index (Phi) is 65.7. The summed E-state index contributed by atoms with van der Waals surface area (Å²) in [5.74, 6) is -0.150. The Morgan fingerprint density at radius 3 is 1.01 bits per heavy atom. The number of amides is 1. The van der Waals surface area contributed by atoms with E-state index in [0.29, 0.717) is 12.8 Å². The van der Waals surface area contributed by atoms with Gasteiger partial charge in [-0.2, -0.15) is 0 Å². The predicted octanol–water partition coefficient (Wildman–Crippen LogP) is 22.0. The number of rotatable bonds is 67. The van der Waals surface area contributed by atoms with E-state index in [1.165, 1.54) is 218 Å². The predicted molar refractivity (Wildman–Crippen MR) is 391 cm³/mol. The van der Waals surface area contributed by atoms with Gasteiger partial charge in [-0.05, 0) is 83.5 Å². The highest BCUT2D eigenvalue weighted by Gasteiger charge is 2.44. The highest BCUT2D eigenvalue weighted by molar-refractivity contribution is 5.76. The van der Waals surface area contributed by atoms with E-state index in [2.05, 4.69) is 129 Å². The fourth-order valence-corrected chi connectivity index (χ4v) is 11.9. The molecule has 9 heteroatoms. The lowest BCUT2D eigenvalue weighted by molar-refractivity contribution is -0.302. The van der Waals surface area contributed by atoms with E-state index in [1.807, 2.05) is 0 Å². The third-order valence-electron chi connectivity index (χ3n) is 17.9. The molecule has 0 saturated carbocycles. The Hall–Kier alpha value is -3.15. The molecular formula is C82H145NO8. The number of carbonyl (C=O) groups is 1. The minimum Gasteiger partial charge on any atom is -0.394 e. The van der Waals surface area contributed by atoms with Crippen molar-refractivity contribution in [3.8, 4) is 0 Å². The van der Waals surface area contributed by atoms with Crippen LogP contribution in [0.25, 0.3) is 0 Å². The minimum atomic E-state index is -1.56. The van der Waals surface area contributed by atoms with Gasteiger partial charge in [-0.3, -0.25) is 4.79 Å². The number of nitrogens with one attached hydrogen (secondary N) is 1. The number of unbranched alkanes of at least 4 members (excludes halogenated alkanes) is 39. The number of ether oxygens (including phenoxy) is 2. The molecule has 1 heterocycles. The van der Waals surface area contributed by atoms with Gasteiger partial charge in [-0.1, -0.05) is 367 Å². The van der Waals surface area contributed by atoms with Crippen LogP contribution in [-0.2, 0) is 14.3 Å². The maximum Gasteiger partial charge on any atom is 0.220 e. The summed E-state index contributed by atoms with van der Waals surface area (Å²) in [4.78, 5) is 13.2. The summed E-state index contributed by atoms with van der Waals surface area (Å²) < 4.78 is 11.4. The molecule has 0 spiro atoms. The largest absolute Gasteiger partial charge is 0.394 e. The van der Waals surface area contributed by atoms with Crippen LogP contribution in [-0.4, -0.2) is 87.5 Å². The Balaban J connectivity index is 2.11. The first-order valence-electron chi connectivity index (χ1n) is 38.6. The molecule has 0 aliphatic carbocycles. The third-order valence-corrected chi connectivity index (χ3v) is 17.9. The molecule has 0 radical (unpaired) electrons. The van der Waals surface area contributed by atoms with E-state index in [-0.39, 0.29) is 12.5 Å². The fraction of sp³-hybridized carbons (Fsp3) is 0.768. The van der Waals surface area contributed by atoms with Crippen LogP contribution in [0.5, 0.6) is 0 Å². The van der Waals surface area contributed by atoms with E-state index in [9.17, 15) is 30.3 Å². The second kappa shape index (κ2) is 69.7. The Labute approximate surface area is 561 Å². The summed E-state index contributed by atoms with van der Waals surface area (Å²) in [6.45, 7) is 3.76. The lowest BCUT2D eigenvalue weighted by Crippen LogP contribution is -2.60. The molecule has 9 nitrogen and oxygen atoms in total. The maximum atomic E-state index is 13.2. The van der Waals surface area contributed by atoms with Gasteiger partial charge in [-0.25, -0.2) is 0 Å². The van der Waals surface area contributed by atoms with E-state index in [1.54, 1.807) is 0 Å². The van der Waals surface area contributed by atoms with Crippen molar-refractivity contribution in [3.63, 3.8) is 0 Å². The standard InChI is InChI=1S/C82H145NO8/c1-3-5-7-9-11-13-15-17-19-21-23-25-27-29-31-33-35-36-37-38-39-40-42-44-46-48-50-52-54-56-58-60-62-64-66-68-70-72-78(86)83-75(74-90-82-81(89)80(88)79(87)77(73-84)91-82)76(85)71-69-67-65-63-61-59-57-55-53-51-49-47-45-43-41-34-32-30-28-26-24-22-20-18-16-14-12-10-8-6-4-2/h5,7,11,13,17,19,23,25,29,31,35-36,38-39,42,44,48,50,75-77,79-82,84-85,87-89H,3-4,6,8-10,12,14-16,18,20-22,24,26-28,30,32-34,37,40-41,43,45-47,49,51-74H2,1-2H3,(H,83,86)/b7-5-,13-11-,19-17-,25-23-,31-29-,36-35-,39-38-,44-42-,50-48-. The van der Waals surface area contributed by atoms with Crippen LogP contribution in [0.15, 0.2) is 109 Å². The van der Waals surface area contributed by atoms with Crippen LogP contribution in [0.1, 0.15) is 348 Å². The molecular weight excluding hydrogens is 1130 g/mol. The van der Waals surface area contributed by atoms with Gasteiger partial charge in [0.15, 0.2) is 6.29 Å². The van der Waals surface area contributed by atoms with Crippen LogP contribution in [0.3, 0.4) is 0 Å². The zero-order valence-electron chi connectivity index (χ0n) is 59.1. The van der Waals surface area contributed by atoms with Crippen LogP contribution >= 0.6 is 0 Å². The van der Waals surface area contributed by atoms with Crippen molar-refractivity contribution < 1.29 is 39.8 Å². The molecule has 0 aromatic heterocycles. The quantitative estimate of drug-likeness (QED) is 0.0261. The molecule has 91 heavy (non-hydrogen) atoms. The summed E-state index contributed by atoms with van der Waals surface area (Å²) in [6.07, 6.45) is 96.0. The van der Waals surface area contributed by atoms with E-state index in [0.717, 1.165) is 103 Å². The molecule has 0 aromatic rings. The van der Waals surface area contributed by atoms with Gasteiger partial charge in [0.2, 0.25) is 5.91 Å². The molecule has 0 aromatic carbocycles. The normalized spacial score (nSPS) is 18.3. The van der Waals surface area contributed by atoms with Crippen molar-refractivity contribution in [1.29, 1.82) is 0 Å². The van der Waals surface area contributed by atoms with Gasteiger partial charge in [0.25, 0.3) is 0 Å². The van der Waals surface area contributed by atoms with Crippen LogP contribution in [0.4, 0.5) is 0 Å². The van der Waals surface area contributed by atoms with Gasteiger partial charge in [0.05, 0.1) is 25.4 Å². The van der Waals surface area contributed by atoms with Crippen LogP contribution in [0.2, 0.25) is 0 Å². The van der Waals surface area contributed by atoms with Crippen LogP contribution in [0, 0.1) is 0 Å². The lowest BCUT2D eigenvalue weighted by atomic mass is 9.99. The summed E-state index contributed by atoms with van der Waals surface area (Å²) in [5.41, 5.74) is 0. The molecule has 7 unspecified atom stereocenters. The first-order chi connectivity index (χ1) is 44.8.